The molecule has 4 rings (SSSR count). The largest absolute Gasteiger partial charge is 0.497 e. The van der Waals surface area contributed by atoms with Crippen LogP contribution in [0.3, 0.4) is 0 Å². The van der Waals surface area contributed by atoms with E-state index in [0.717, 1.165) is 85.4 Å². The predicted octanol–water partition coefficient (Wildman–Crippen LogP) is 3.93. The van der Waals surface area contributed by atoms with Crippen LogP contribution < -0.4 is 9.47 Å². The zero-order valence-corrected chi connectivity index (χ0v) is 19.7. The number of carbonyl (C=O) groups excluding carboxylic acids is 1. The number of hydrogen-bond donors (Lipinski definition) is 0. The van der Waals surface area contributed by atoms with Crippen molar-refractivity contribution in [2.24, 2.45) is 0 Å². The molecule has 0 saturated carbocycles. The van der Waals surface area contributed by atoms with Crippen molar-refractivity contribution < 1.29 is 19.0 Å². The van der Waals surface area contributed by atoms with Crippen LogP contribution in [0.4, 0.5) is 0 Å². The van der Waals surface area contributed by atoms with E-state index >= 15 is 0 Å². The van der Waals surface area contributed by atoms with Gasteiger partial charge in [0.2, 0.25) is 0 Å². The van der Waals surface area contributed by atoms with Gasteiger partial charge >= 0.3 is 0 Å². The van der Waals surface area contributed by atoms with Gasteiger partial charge in [-0.25, -0.2) is 0 Å². The Balaban J connectivity index is 1.35. The van der Waals surface area contributed by atoms with E-state index in [2.05, 4.69) is 11.0 Å². The molecule has 2 fully saturated rings. The first kappa shape index (κ1) is 23.0. The molecule has 0 N–H and O–H groups in total. The summed E-state index contributed by atoms with van der Waals surface area (Å²) in [5, 5.41) is 0. The quantitative estimate of drug-likeness (QED) is 0.561. The SMILES string of the molecule is COc1ccc(OC)c(CN2CCN(C(=O)c3ccccc3SCC3CCCO3)CC2)c1. The van der Waals surface area contributed by atoms with Crippen LogP contribution in [0.5, 0.6) is 11.5 Å². The normalized spacial score (nSPS) is 19.2. The summed E-state index contributed by atoms with van der Waals surface area (Å²) in [7, 11) is 3.36. The van der Waals surface area contributed by atoms with Gasteiger partial charge in [0.15, 0.2) is 0 Å². The summed E-state index contributed by atoms with van der Waals surface area (Å²) < 4.78 is 16.6. The molecular formula is C25H32N2O4S. The zero-order chi connectivity index (χ0) is 22.3. The van der Waals surface area contributed by atoms with Crippen molar-refractivity contribution in [1.29, 1.82) is 0 Å². The van der Waals surface area contributed by atoms with Crippen molar-refractivity contribution in [3.63, 3.8) is 0 Å². The highest BCUT2D eigenvalue weighted by Crippen LogP contribution is 2.29. The number of hydrogen-bond acceptors (Lipinski definition) is 6. The van der Waals surface area contributed by atoms with E-state index in [0.29, 0.717) is 6.10 Å². The number of benzene rings is 2. The number of amides is 1. The highest BCUT2D eigenvalue weighted by molar-refractivity contribution is 7.99. The highest BCUT2D eigenvalue weighted by Gasteiger charge is 2.25. The van der Waals surface area contributed by atoms with E-state index in [-0.39, 0.29) is 5.91 Å². The summed E-state index contributed by atoms with van der Waals surface area (Å²) in [6, 6.07) is 13.8. The molecule has 1 atom stereocenters. The van der Waals surface area contributed by atoms with Crippen LogP contribution >= 0.6 is 11.8 Å². The second kappa shape index (κ2) is 11.1. The first-order chi connectivity index (χ1) is 15.7. The number of carbonyl (C=O) groups is 1. The minimum absolute atomic E-state index is 0.124. The molecule has 2 aliphatic heterocycles. The Morgan fingerprint density at radius 2 is 1.91 bits per heavy atom. The topological polar surface area (TPSA) is 51.2 Å². The standard InChI is InChI=1S/C25H32N2O4S/c1-29-20-9-10-23(30-2)19(16-20)17-26-11-13-27(14-12-26)25(28)22-7-3-4-8-24(22)32-18-21-6-5-15-31-21/h3-4,7-10,16,21H,5-6,11-15,17-18H2,1-2H3. The molecule has 2 heterocycles. The van der Waals surface area contributed by atoms with Gasteiger partial charge in [-0.15, -0.1) is 11.8 Å². The third-order valence-electron chi connectivity index (χ3n) is 6.11. The fourth-order valence-electron chi connectivity index (χ4n) is 4.25. The Morgan fingerprint density at radius 3 is 2.62 bits per heavy atom. The van der Waals surface area contributed by atoms with Crippen LogP contribution in [0, 0.1) is 0 Å². The molecule has 2 aromatic carbocycles. The van der Waals surface area contributed by atoms with Crippen LogP contribution in [-0.2, 0) is 11.3 Å². The van der Waals surface area contributed by atoms with Crippen LogP contribution in [-0.4, -0.2) is 74.6 Å². The van der Waals surface area contributed by atoms with Gasteiger partial charge < -0.3 is 19.1 Å². The summed E-state index contributed by atoms with van der Waals surface area (Å²) in [6.07, 6.45) is 2.56. The Hall–Kier alpha value is -2.22. The van der Waals surface area contributed by atoms with Gasteiger partial charge in [-0.3, -0.25) is 9.69 Å². The first-order valence-corrected chi connectivity index (χ1v) is 12.2. The minimum Gasteiger partial charge on any atom is -0.497 e. The van der Waals surface area contributed by atoms with Crippen LogP contribution in [0.1, 0.15) is 28.8 Å². The maximum absolute atomic E-state index is 13.3. The molecule has 32 heavy (non-hydrogen) atoms. The fraction of sp³-hybridized carbons (Fsp3) is 0.480. The third-order valence-corrected chi connectivity index (χ3v) is 7.31. The van der Waals surface area contributed by atoms with Crippen molar-refractivity contribution in [2.45, 2.75) is 30.4 Å². The van der Waals surface area contributed by atoms with Crippen molar-refractivity contribution in [3.05, 3.63) is 53.6 Å². The third kappa shape index (κ3) is 5.57. The molecule has 2 aromatic rings. The first-order valence-electron chi connectivity index (χ1n) is 11.2. The summed E-state index contributed by atoms with van der Waals surface area (Å²) >= 11 is 1.74. The van der Waals surface area contributed by atoms with E-state index in [1.807, 2.05) is 41.3 Å². The molecule has 1 amide bonds. The van der Waals surface area contributed by atoms with Gasteiger partial charge in [0, 0.05) is 55.5 Å². The number of rotatable bonds is 8. The maximum atomic E-state index is 13.3. The Morgan fingerprint density at radius 1 is 1.09 bits per heavy atom. The Kier molecular flexibility index (Phi) is 7.95. The van der Waals surface area contributed by atoms with Crippen molar-refractivity contribution in [3.8, 4) is 11.5 Å². The lowest BCUT2D eigenvalue weighted by molar-refractivity contribution is 0.0624. The van der Waals surface area contributed by atoms with E-state index in [9.17, 15) is 4.79 Å². The molecule has 2 aliphatic rings. The lowest BCUT2D eigenvalue weighted by Gasteiger charge is -2.35. The lowest BCUT2D eigenvalue weighted by atomic mass is 10.1. The average Bonchev–Trinajstić information content (AvgIpc) is 3.37. The van der Waals surface area contributed by atoms with Gasteiger partial charge in [0.25, 0.3) is 5.91 Å². The van der Waals surface area contributed by atoms with Crippen LogP contribution in [0.2, 0.25) is 0 Å². The number of thioether (sulfide) groups is 1. The summed E-state index contributed by atoms with van der Waals surface area (Å²) in [5.41, 5.74) is 1.90. The molecule has 6 nitrogen and oxygen atoms in total. The van der Waals surface area contributed by atoms with Gasteiger partial charge in [-0.2, -0.15) is 0 Å². The van der Waals surface area contributed by atoms with Gasteiger partial charge in [-0.1, -0.05) is 12.1 Å². The zero-order valence-electron chi connectivity index (χ0n) is 18.9. The lowest BCUT2D eigenvalue weighted by Crippen LogP contribution is -2.48. The Bertz CT molecular complexity index is 909. The number of piperazine rings is 1. The maximum Gasteiger partial charge on any atom is 0.255 e. The number of ether oxygens (including phenoxy) is 3. The van der Waals surface area contributed by atoms with Gasteiger partial charge in [-0.05, 0) is 43.2 Å². The molecule has 0 radical (unpaired) electrons. The highest BCUT2D eigenvalue weighted by atomic mass is 32.2. The molecule has 0 bridgehead atoms. The van der Waals surface area contributed by atoms with Gasteiger partial charge in [0.1, 0.15) is 11.5 Å². The van der Waals surface area contributed by atoms with Gasteiger partial charge in [0.05, 0.1) is 25.9 Å². The molecule has 0 aliphatic carbocycles. The smallest absolute Gasteiger partial charge is 0.255 e. The predicted molar refractivity (Wildman–Crippen MR) is 127 cm³/mol. The van der Waals surface area contributed by atoms with E-state index in [4.69, 9.17) is 14.2 Å². The number of methoxy groups -OCH3 is 2. The molecule has 0 aromatic heterocycles. The van der Waals surface area contributed by atoms with Crippen molar-refractivity contribution >= 4 is 17.7 Å². The summed E-state index contributed by atoms with van der Waals surface area (Å²) in [6.45, 7) is 4.73. The molecule has 7 heteroatoms. The second-order valence-corrected chi connectivity index (χ2v) is 9.25. The van der Waals surface area contributed by atoms with Crippen molar-refractivity contribution in [1.82, 2.24) is 9.80 Å². The summed E-state index contributed by atoms with van der Waals surface area (Å²) in [5.74, 6) is 2.72. The van der Waals surface area contributed by atoms with E-state index in [1.54, 1.807) is 26.0 Å². The van der Waals surface area contributed by atoms with E-state index in [1.165, 1.54) is 0 Å². The Labute approximate surface area is 194 Å². The minimum atomic E-state index is 0.124. The van der Waals surface area contributed by atoms with Crippen LogP contribution in [0.15, 0.2) is 47.4 Å². The molecule has 172 valence electrons. The molecule has 1 unspecified atom stereocenters. The fourth-order valence-corrected chi connectivity index (χ4v) is 5.37. The summed E-state index contributed by atoms with van der Waals surface area (Å²) in [4.78, 5) is 18.7. The average molecular weight is 457 g/mol. The molecule has 2 saturated heterocycles. The molecular weight excluding hydrogens is 424 g/mol. The monoisotopic (exact) mass is 456 g/mol. The second-order valence-electron chi connectivity index (χ2n) is 8.19. The van der Waals surface area contributed by atoms with Crippen molar-refractivity contribution in [2.75, 3.05) is 52.8 Å². The van der Waals surface area contributed by atoms with Crippen LogP contribution in [0.25, 0.3) is 0 Å². The van der Waals surface area contributed by atoms with E-state index < -0.39 is 0 Å². The number of nitrogens with zero attached hydrogens (tertiary/aromatic N) is 2. The molecule has 0 spiro atoms.